The summed E-state index contributed by atoms with van der Waals surface area (Å²) in [6, 6.07) is 9.72. The van der Waals surface area contributed by atoms with Crippen molar-refractivity contribution in [2.75, 3.05) is 6.61 Å². The Bertz CT molecular complexity index is 1040. The van der Waals surface area contributed by atoms with Crippen LogP contribution in [0.25, 0.3) is 22.0 Å². The number of hydrogen-bond acceptors (Lipinski definition) is 4. The fourth-order valence-electron chi connectivity index (χ4n) is 3.25. The second-order valence-electron chi connectivity index (χ2n) is 6.05. The first-order valence-electron chi connectivity index (χ1n) is 8.21. The van der Waals surface area contributed by atoms with Crippen molar-refractivity contribution < 1.29 is 9.53 Å². The van der Waals surface area contributed by atoms with Gasteiger partial charge in [-0.2, -0.15) is 5.10 Å². The maximum absolute atomic E-state index is 12.4. The Labute approximate surface area is 145 Å². The normalized spacial score (nSPS) is 10.9. The lowest BCUT2D eigenvalue weighted by Gasteiger charge is -2.14. The van der Waals surface area contributed by atoms with Crippen molar-refractivity contribution in [1.82, 2.24) is 10.2 Å². The van der Waals surface area contributed by atoms with Gasteiger partial charge in [0.15, 0.2) is 0 Å². The number of esters is 1. The second-order valence-corrected chi connectivity index (χ2v) is 6.05. The average Bonchev–Trinajstić information content (AvgIpc) is 2.56. The quantitative estimate of drug-likeness (QED) is 0.740. The molecule has 0 aliphatic carbocycles. The lowest BCUT2D eigenvalue weighted by atomic mass is 9.93. The van der Waals surface area contributed by atoms with Gasteiger partial charge in [0.05, 0.1) is 23.3 Å². The van der Waals surface area contributed by atoms with E-state index < -0.39 is 5.97 Å². The van der Waals surface area contributed by atoms with Crippen LogP contribution in [0.4, 0.5) is 0 Å². The molecule has 0 radical (unpaired) electrons. The van der Waals surface area contributed by atoms with Gasteiger partial charge in [0, 0.05) is 10.9 Å². The molecule has 0 unspecified atom stereocenters. The molecular formula is C20H20N2O3. The average molecular weight is 336 g/mol. The van der Waals surface area contributed by atoms with E-state index in [2.05, 4.69) is 10.2 Å². The summed E-state index contributed by atoms with van der Waals surface area (Å²) < 4.78 is 5.15. The van der Waals surface area contributed by atoms with E-state index >= 15 is 0 Å². The molecule has 0 spiro atoms. The van der Waals surface area contributed by atoms with E-state index in [1.807, 2.05) is 44.2 Å². The van der Waals surface area contributed by atoms with E-state index in [-0.39, 0.29) is 12.2 Å². The molecule has 2 aromatic carbocycles. The molecule has 25 heavy (non-hydrogen) atoms. The topological polar surface area (TPSA) is 72.0 Å². The highest BCUT2D eigenvalue weighted by atomic mass is 16.5. The Morgan fingerprint density at radius 1 is 1.16 bits per heavy atom. The number of nitrogens with one attached hydrogen (secondary N) is 1. The van der Waals surface area contributed by atoms with Crippen LogP contribution >= 0.6 is 0 Å². The summed E-state index contributed by atoms with van der Waals surface area (Å²) in [6.45, 7) is 7.67. The number of H-pyrrole nitrogens is 1. The first-order chi connectivity index (χ1) is 12.0. The number of rotatable bonds is 3. The van der Waals surface area contributed by atoms with Crippen LogP contribution in [-0.2, 0) is 4.74 Å². The van der Waals surface area contributed by atoms with Crippen molar-refractivity contribution in [2.45, 2.75) is 27.7 Å². The van der Waals surface area contributed by atoms with Crippen LogP contribution in [0.1, 0.15) is 34.0 Å². The molecule has 128 valence electrons. The van der Waals surface area contributed by atoms with Crippen molar-refractivity contribution in [1.29, 1.82) is 0 Å². The van der Waals surface area contributed by atoms with Crippen molar-refractivity contribution in [3.05, 3.63) is 62.9 Å². The molecule has 3 rings (SSSR count). The van der Waals surface area contributed by atoms with Gasteiger partial charge in [0.25, 0.3) is 5.56 Å². The zero-order valence-corrected chi connectivity index (χ0v) is 14.8. The molecule has 1 N–H and O–H groups in total. The fraction of sp³-hybridized carbons (Fsp3) is 0.250. The highest BCUT2D eigenvalue weighted by Gasteiger charge is 2.20. The summed E-state index contributed by atoms with van der Waals surface area (Å²) in [5.74, 6) is -0.409. The minimum absolute atomic E-state index is 0.289. The largest absolute Gasteiger partial charge is 0.462 e. The van der Waals surface area contributed by atoms with Gasteiger partial charge in [-0.05, 0) is 50.5 Å². The number of benzene rings is 2. The van der Waals surface area contributed by atoms with Gasteiger partial charge >= 0.3 is 5.97 Å². The number of carbonyl (C=O) groups excluding carboxylic acids is 1. The van der Waals surface area contributed by atoms with Crippen LogP contribution in [0.3, 0.4) is 0 Å². The zero-order valence-electron chi connectivity index (χ0n) is 14.8. The Balaban J connectivity index is 2.39. The van der Waals surface area contributed by atoms with E-state index in [4.69, 9.17) is 4.74 Å². The SMILES string of the molecule is CCOC(=O)c1c(C)cc2c(-c3ccccc3C)n[nH]c(=O)c2c1C. The minimum atomic E-state index is -0.409. The Morgan fingerprint density at radius 2 is 1.88 bits per heavy atom. The van der Waals surface area contributed by atoms with Gasteiger partial charge in [0.1, 0.15) is 0 Å². The molecule has 0 bridgehead atoms. The number of carbonyl (C=O) groups is 1. The first kappa shape index (κ1) is 16.9. The number of hydrogen-bond donors (Lipinski definition) is 1. The number of aromatic nitrogens is 2. The highest BCUT2D eigenvalue weighted by molar-refractivity contribution is 6.03. The third kappa shape index (κ3) is 2.82. The highest BCUT2D eigenvalue weighted by Crippen LogP contribution is 2.31. The number of nitrogens with zero attached hydrogens (tertiary/aromatic N) is 1. The van der Waals surface area contributed by atoms with Crippen LogP contribution < -0.4 is 5.56 Å². The van der Waals surface area contributed by atoms with Crippen LogP contribution in [0.5, 0.6) is 0 Å². The second kappa shape index (κ2) is 6.51. The summed E-state index contributed by atoms with van der Waals surface area (Å²) in [4.78, 5) is 24.7. The maximum atomic E-state index is 12.4. The number of fused-ring (bicyclic) bond motifs is 1. The third-order valence-electron chi connectivity index (χ3n) is 4.41. The first-order valence-corrected chi connectivity index (χ1v) is 8.21. The maximum Gasteiger partial charge on any atom is 0.338 e. The molecule has 0 amide bonds. The van der Waals surface area contributed by atoms with Crippen molar-refractivity contribution >= 4 is 16.7 Å². The standard InChI is InChI=1S/C20H20N2O3/c1-5-25-20(24)16-12(3)10-15-17(13(16)4)19(23)22-21-18(15)14-9-7-6-8-11(14)2/h6-10H,5H2,1-4H3,(H,22,23). The predicted molar refractivity (Wildman–Crippen MR) is 98.0 cm³/mol. The Kier molecular flexibility index (Phi) is 4.40. The van der Waals surface area contributed by atoms with E-state index in [1.54, 1.807) is 13.8 Å². The number of aromatic amines is 1. The third-order valence-corrected chi connectivity index (χ3v) is 4.41. The lowest BCUT2D eigenvalue weighted by Crippen LogP contribution is -2.16. The molecule has 0 saturated carbocycles. The number of aryl methyl sites for hydroxylation is 3. The van der Waals surface area contributed by atoms with Gasteiger partial charge in [-0.15, -0.1) is 0 Å². The molecule has 0 fully saturated rings. The summed E-state index contributed by atoms with van der Waals surface area (Å²) >= 11 is 0. The van der Waals surface area contributed by atoms with Crippen LogP contribution in [0.2, 0.25) is 0 Å². The Morgan fingerprint density at radius 3 is 2.56 bits per heavy atom. The Hall–Kier alpha value is -2.95. The monoisotopic (exact) mass is 336 g/mol. The molecule has 5 nitrogen and oxygen atoms in total. The van der Waals surface area contributed by atoms with E-state index in [0.29, 0.717) is 22.2 Å². The van der Waals surface area contributed by atoms with Crippen LogP contribution in [0, 0.1) is 20.8 Å². The van der Waals surface area contributed by atoms with Crippen molar-refractivity contribution in [3.63, 3.8) is 0 Å². The van der Waals surface area contributed by atoms with Crippen molar-refractivity contribution in [3.8, 4) is 11.3 Å². The summed E-state index contributed by atoms with van der Waals surface area (Å²) in [6.07, 6.45) is 0. The fourth-order valence-corrected chi connectivity index (χ4v) is 3.25. The molecule has 1 aromatic heterocycles. The molecule has 0 atom stereocenters. The zero-order chi connectivity index (χ0) is 18.1. The van der Waals surface area contributed by atoms with Gasteiger partial charge in [-0.25, -0.2) is 9.89 Å². The van der Waals surface area contributed by atoms with E-state index in [0.717, 1.165) is 22.1 Å². The molecule has 1 heterocycles. The van der Waals surface area contributed by atoms with Crippen LogP contribution in [0.15, 0.2) is 35.1 Å². The lowest BCUT2D eigenvalue weighted by molar-refractivity contribution is 0.0525. The molecule has 0 aliphatic rings. The molecule has 0 aliphatic heterocycles. The van der Waals surface area contributed by atoms with Gasteiger partial charge in [-0.3, -0.25) is 4.79 Å². The summed E-state index contributed by atoms with van der Waals surface area (Å²) in [5, 5.41) is 8.06. The molecule has 3 aromatic rings. The van der Waals surface area contributed by atoms with Crippen molar-refractivity contribution in [2.24, 2.45) is 0 Å². The van der Waals surface area contributed by atoms with Gasteiger partial charge in [-0.1, -0.05) is 24.3 Å². The molecule has 5 heteroatoms. The number of ether oxygens (including phenoxy) is 1. The van der Waals surface area contributed by atoms with Crippen LogP contribution in [-0.4, -0.2) is 22.8 Å². The molecular weight excluding hydrogens is 316 g/mol. The smallest absolute Gasteiger partial charge is 0.338 e. The summed E-state index contributed by atoms with van der Waals surface area (Å²) in [7, 11) is 0. The summed E-state index contributed by atoms with van der Waals surface area (Å²) in [5.41, 5.74) is 4.24. The minimum Gasteiger partial charge on any atom is -0.462 e. The van der Waals surface area contributed by atoms with Gasteiger partial charge in [0.2, 0.25) is 0 Å². The van der Waals surface area contributed by atoms with Gasteiger partial charge < -0.3 is 4.74 Å². The predicted octanol–water partition coefficient (Wildman–Crippen LogP) is 3.69. The van der Waals surface area contributed by atoms with E-state index in [9.17, 15) is 9.59 Å². The van der Waals surface area contributed by atoms with E-state index in [1.165, 1.54) is 0 Å². The molecule has 0 saturated heterocycles.